The Labute approximate surface area is 103 Å². The highest BCUT2D eigenvalue weighted by Crippen LogP contribution is 2.47. The summed E-state index contributed by atoms with van der Waals surface area (Å²) in [5.41, 5.74) is 0. The third-order valence-corrected chi connectivity index (χ3v) is 4.20. The fraction of sp³-hybridized carbons (Fsp3) is 0.923. The summed E-state index contributed by atoms with van der Waals surface area (Å²) < 4.78 is 16.4. The monoisotopic (exact) mass is 242 g/mol. The summed E-state index contributed by atoms with van der Waals surface area (Å²) >= 11 is 0. The zero-order valence-electron chi connectivity index (χ0n) is 11.0. The first-order valence-electron chi connectivity index (χ1n) is 6.34. The molecule has 4 heteroatoms. The van der Waals surface area contributed by atoms with Gasteiger partial charge in [0.15, 0.2) is 12.6 Å². The highest BCUT2D eigenvalue weighted by atomic mass is 16.8. The van der Waals surface area contributed by atoms with E-state index in [1.165, 1.54) is 0 Å². The average molecular weight is 242 g/mol. The van der Waals surface area contributed by atoms with Gasteiger partial charge in [0, 0.05) is 26.6 Å². The zero-order valence-corrected chi connectivity index (χ0v) is 11.0. The summed E-state index contributed by atoms with van der Waals surface area (Å²) in [4.78, 5) is 12.1. The number of Topliss-reactive ketones (excluding diaryl/α,β-unsaturated/α-hetero) is 1. The van der Waals surface area contributed by atoms with Crippen molar-refractivity contribution >= 4 is 5.78 Å². The fourth-order valence-corrected chi connectivity index (χ4v) is 3.35. The van der Waals surface area contributed by atoms with Gasteiger partial charge in [-0.3, -0.25) is 4.79 Å². The molecule has 0 aromatic rings. The first-order valence-corrected chi connectivity index (χ1v) is 6.34. The predicted molar refractivity (Wildman–Crippen MR) is 62.2 cm³/mol. The minimum absolute atomic E-state index is 0.145. The lowest BCUT2D eigenvalue weighted by atomic mass is 9.68. The molecule has 1 heterocycles. The van der Waals surface area contributed by atoms with Crippen LogP contribution in [0.3, 0.4) is 0 Å². The standard InChI is InChI=1S/C13H22O4/c1-7(2)8-5-6-9(14)11-10(8)12(15-3)17-13(11)16-4/h7-8,10-13H,5-6H2,1-4H3/t8-,10-,11+,12-,13+/m1/s1. The Morgan fingerprint density at radius 3 is 2.41 bits per heavy atom. The third kappa shape index (κ3) is 2.14. The predicted octanol–water partition coefficient (Wildman–Crippen LogP) is 1.83. The average Bonchev–Trinajstić information content (AvgIpc) is 2.68. The van der Waals surface area contributed by atoms with Crippen molar-refractivity contribution in [3.05, 3.63) is 0 Å². The van der Waals surface area contributed by atoms with Gasteiger partial charge < -0.3 is 14.2 Å². The first kappa shape index (κ1) is 13.0. The maximum absolute atomic E-state index is 12.1. The summed E-state index contributed by atoms with van der Waals surface area (Å²) in [5, 5.41) is 0. The van der Waals surface area contributed by atoms with Crippen LogP contribution in [-0.2, 0) is 19.0 Å². The molecule has 0 aromatic carbocycles. The number of ketones is 1. The Morgan fingerprint density at radius 2 is 1.88 bits per heavy atom. The Kier molecular flexibility index (Phi) is 3.85. The second kappa shape index (κ2) is 5.04. The van der Waals surface area contributed by atoms with E-state index in [1.54, 1.807) is 14.2 Å². The number of rotatable bonds is 3. The lowest BCUT2D eigenvalue weighted by Crippen LogP contribution is -2.41. The van der Waals surface area contributed by atoms with Crippen LogP contribution in [0, 0.1) is 23.7 Å². The Morgan fingerprint density at radius 1 is 1.24 bits per heavy atom. The van der Waals surface area contributed by atoms with Gasteiger partial charge in [0.25, 0.3) is 0 Å². The molecule has 1 aliphatic heterocycles. The number of ether oxygens (including phenoxy) is 3. The molecule has 1 saturated carbocycles. The summed E-state index contributed by atoms with van der Waals surface area (Å²) in [6, 6.07) is 0. The Hall–Kier alpha value is -0.450. The van der Waals surface area contributed by atoms with E-state index in [4.69, 9.17) is 14.2 Å². The topological polar surface area (TPSA) is 44.8 Å². The molecule has 4 nitrogen and oxygen atoms in total. The minimum atomic E-state index is -0.431. The van der Waals surface area contributed by atoms with Crippen LogP contribution < -0.4 is 0 Å². The molecule has 0 bridgehead atoms. The lowest BCUT2D eigenvalue weighted by Gasteiger charge is -2.36. The molecule has 0 spiro atoms. The van der Waals surface area contributed by atoms with Crippen LogP contribution in [0.1, 0.15) is 26.7 Å². The number of methoxy groups -OCH3 is 2. The number of carbonyl (C=O) groups is 1. The quantitative estimate of drug-likeness (QED) is 0.757. The van der Waals surface area contributed by atoms with Crippen molar-refractivity contribution in [3.8, 4) is 0 Å². The van der Waals surface area contributed by atoms with Crippen LogP contribution in [0.15, 0.2) is 0 Å². The van der Waals surface area contributed by atoms with Crippen LogP contribution in [0.5, 0.6) is 0 Å². The van der Waals surface area contributed by atoms with Crippen molar-refractivity contribution in [1.29, 1.82) is 0 Å². The van der Waals surface area contributed by atoms with E-state index in [0.29, 0.717) is 18.3 Å². The van der Waals surface area contributed by atoms with Gasteiger partial charge in [-0.15, -0.1) is 0 Å². The largest absolute Gasteiger partial charge is 0.355 e. The van der Waals surface area contributed by atoms with Crippen molar-refractivity contribution in [2.24, 2.45) is 23.7 Å². The smallest absolute Gasteiger partial charge is 0.170 e. The van der Waals surface area contributed by atoms with E-state index >= 15 is 0 Å². The molecule has 0 unspecified atom stereocenters. The molecule has 17 heavy (non-hydrogen) atoms. The summed E-state index contributed by atoms with van der Waals surface area (Å²) in [7, 11) is 3.22. The highest BCUT2D eigenvalue weighted by Gasteiger charge is 2.54. The molecule has 0 N–H and O–H groups in total. The highest BCUT2D eigenvalue weighted by molar-refractivity contribution is 5.83. The molecule has 0 amide bonds. The number of fused-ring (bicyclic) bond motifs is 1. The van der Waals surface area contributed by atoms with E-state index in [2.05, 4.69) is 13.8 Å². The molecule has 2 aliphatic rings. The van der Waals surface area contributed by atoms with Gasteiger partial charge in [-0.25, -0.2) is 0 Å². The van der Waals surface area contributed by atoms with Crippen molar-refractivity contribution in [2.75, 3.05) is 14.2 Å². The Bertz CT molecular complexity index is 289. The normalized spacial score (nSPS) is 41.9. The molecule has 5 atom stereocenters. The molecule has 2 fully saturated rings. The van der Waals surface area contributed by atoms with Gasteiger partial charge in [-0.2, -0.15) is 0 Å². The first-order chi connectivity index (χ1) is 8.10. The van der Waals surface area contributed by atoms with Gasteiger partial charge in [0.05, 0.1) is 5.92 Å². The molecular weight excluding hydrogens is 220 g/mol. The maximum atomic E-state index is 12.1. The van der Waals surface area contributed by atoms with Crippen LogP contribution in [0.2, 0.25) is 0 Å². The summed E-state index contributed by atoms with van der Waals surface area (Å²) in [6.45, 7) is 4.40. The fourth-order valence-electron chi connectivity index (χ4n) is 3.35. The summed E-state index contributed by atoms with van der Waals surface area (Å²) in [6.07, 6.45) is 0.849. The minimum Gasteiger partial charge on any atom is -0.355 e. The zero-order chi connectivity index (χ0) is 12.6. The molecule has 1 saturated heterocycles. The maximum Gasteiger partial charge on any atom is 0.170 e. The van der Waals surface area contributed by atoms with E-state index in [1.807, 2.05) is 0 Å². The van der Waals surface area contributed by atoms with Gasteiger partial charge in [0.2, 0.25) is 0 Å². The van der Waals surface area contributed by atoms with E-state index in [9.17, 15) is 4.79 Å². The van der Waals surface area contributed by atoms with Crippen LogP contribution in [0.4, 0.5) is 0 Å². The van der Waals surface area contributed by atoms with Gasteiger partial charge >= 0.3 is 0 Å². The van der Waals surface area contributed by atoms with Crippen molar-refractivity contribution in [1.82, 2.24) is 0 Å². The Balaban J connectivity index is 2.26. The van der Waals surface area contributed by atoms with Gasteiger partial charge in [-0.05, 0) is 18.3 Å². The molecule has 0 aromatic heterocycles. The molecule has 0 radical (unpaired) electrons. The molecule has 98 valence electrons. The van der Waals surface area contributed by atoms with Crippen LogP contribution >= 0.6 is 0 Å². The number of hydrogen-bond donors (Lipinski definition) is 0. The van der Waals surface area contributed by atoms with Crippen LogP contribution in [-0.4, -0.2) is 32.6 Å². The molecule has 2 rings (SSSR count). The summed E-state index contributed by atoms with van der Waals surface area (Å²) in [5.74, 6) is 1.27. The van der Waals surface area contributed by atoms with Gasteiger partial charge in [0.1, 0.15) is 5.78 Å². The second-order valence-electron chi connectivity index (χ2n) is 5.36. The lowest BCUT2D eigenvalue weighted by molar-refractivity contribution is -0.199. The van der Waals surface area contributed by atoms with Crippen molar-refractivity contribution in [3.63, 3.8) is 0 Å². The van der Waals surface area contributed by atoms with Crippen molar-refractivity contribution in [2.45, 2.75) is 39.3 Å². The number of carbonyl (C=O) groups excluding carboxylic acids is 1. The second-order valence-corrected chi connectivity index (χ2v) is 5.36. The van der Waals surface area contributed by atoms with E-state index < -0.39 is 6.29 Å². The van der Waals surface area contributed by atoms with E-state index in [-0.39, 0.29) is 23.9 Å². The number of hydrogen-bond acceptors (Lipinski definition) is 4. The molecular formula is C13H22O4. The van der Waals surface area contributed by atoms with Gasteiger partial charge in [-0.1, -0.05) is 13.8 Å². The molecule has 1 aliphatic carbocycles. The van der Waals surface area contributed by atoms with E-state index in [0.717, 1.165) is 6.42 Å². The SMILES string of the molecule is CO[C@H]1O[C@@H](OC)[C@H]2[C@@H]1C(=O)CC[C@@H]2C(C)C. The van der Waals surface area contributed by atoms with Crippen LogP contribution in [0.25, 0.3) is 0 Å². The third-order valence-electron chi connectivity index (χ3n) is 4.20. The van der Waals surface area contributed by atoms with Crippen molar-refractivity contribution < 1.29 is 19.0 Å².